The number of halogens is 2. The third kappa shape index (κ3) is 4.92. The van der Waals surface area contributed by atoms with E-state index >= 15 is 0 Å². The van der Waals surface area contributed by atoms with Crippen molar-refractivity contribution in [1.82, 2.24) is 5.32 Å². The minimum Gasteiger partial charge on any atom is -0.457 e. The van der Waals surface area contributed by atoms with Gasteiger partial charge in [-0.25, -0.2) is 0 Å². The van der Waals surface area contributed by atoms with Crippen molar-refractivity contribution in [1.29, 1.82) is 0 Å². The van der Waals surface area contributed by atoms with E-state index in [0.29, 0.717) is 21.6 Å². The van der Waals surface area contributed by atoms with E-state index < -0.39 is 0 Å². The fraction of sp³-hybridized carbons (Fsp3) is 0.0370. The van der Waals surface area contributed by atoms with Crippen LogP contribution in [-0.4, -0.2) is 11.0 Å². The zero-order valence-corrected chi connectivity index (χ0v) is 20.1. The minimum atomic E-state index is -0.366. The lowest BCUT2D eigenvalue weighted by Gasteiger charge is -2.10. The molecule has 4 nitrogen and oxygen atoms in total. The Morgan fingerprint density at radius 1 is 0.912 bits per heavy atom. The van der Waals surface area contributed by atoms with Crippen molar-refractivity contribution >= 4 is 58.2 Å². The third-order valence-corrected chi connectivity index (χ3v) is 6.10. The maximum absolute atomic E-state index is 12.3. The van der Waals surface area contributed by atoms with Crippen LogP contribution >= 0.6 is 35.4 Å². The van der Waals surface area contributed by atoms with Crippen LogP contribution in [0, 0.1) is 0 Å². The molecule has 168 valence electrons. The third-order valence-electron chi connectivity index (χ3n) is 5.46. The highest BCUT2D eigenvalue weighted by Crippen LogP contribution is 2.37. The molecule has 0 radical (unpaired) electrons. The molecule has 0 saturated carbocycles. The number of nitrogens with one attached hydrogen (secondary N) is 2. The van der Waals surface area contributed by atoms with Crippen LogP contribution in [0.15, 0.2) is 83.3 Å². The summed E-state index contributed by atoms with van der Waals surface area (Å²) in [6, 6.07) is 23.2. The number of hydrogen-bond acceptors (Lipinski definition) is 3. The molecule has 0 aliphatic heterocycles. The zero-order chi connectivity index (χ0) is 23.7. The van der Waals surface area contributed by atoms with Gasteiger partial charge in [-0.3, -0.25) is 10.1 Å². The van der Waals surface area contributed by atoms with Crippen molar-refractivity contribution < 1.29 is 9.21 Å². The van der Waals surface area contributed by atoms with E-state index in [4.69, 9.17) is 39.8 Å². The van der Waals surface area contributed by atoms with Gasteiger partial charge >= 0.3 is 0 Å². The molecule has 1 heterocycles. The Bertz CT molecular complexity index is 1440. The van der Waals surface area contributed by atoms with Crippen molar-refractivity contribution in [2.75, 3.05) is 5.32 Å². The number of thiocarbonyl (C=S) groups is 1. The van der Waals surface area contributed by atoms with Gasteiger partial charge in [-0.1, -0.05) is 53.5 Å². The van der Waals surface area contributed by atoms with Gasteiger partial charge in [-0.05, 0) is 89.4 Å². The van der Waals surface area contributed by atoms with Crippen molar-refractivity contribution in [3.8, 4) is 22.5 Å². The summed E-state index contributed by atoms with van der Waals surface area (Å²) in [5, 5.41) is 6.99. The molecule has 1 aliphatic rings. The first-order valence-electron chi connectivity index (χ1n) is 10.5. The molecule has 1 aliphatic carbocycles. The predicted molar refractivity (Wildman–Crippen MR) is 142 cm³/mol. The van der Waals surface area contributed by atoms with Gasteiger partial charge in [0.2, 0.25) is 5.91 Å². The van der Waals surface area contributed by atoms with Crippen LogP contribution in [0.5, 0.6) is 0 Å². The van der Waals surface area contributed by atoms with Gasteiger partial charge in [0.1, 0.15) is 11.5 Å². The highest BCUT2D eigenvalue weighted by Gasteiger charge is 2.18. The standard InChI is InChI=1S/C27H18Cl2N2O2S/c28-19-12-18(13-20(29)15-19)25-9-6-22(33-25)7-10-26(32)31-27(34)30-21-5-8-24-17(14-21)11-16-3-1-2-4-23(16)24/h1-10,12-15H,11H2,(H2,30,31,32,34)/b10-7+. The predicted octanol–water partition coefficient (Wildman–Crippen LogP) is 7.35. The fourth-order valence-electron chi connectivity index (χ4n) is 3.99. The van der Waals surface area contributed by atoms with Crippen LogP contribution in [0.3, 0.4) is 0 Å². The zero-order valence-electron chi connectivity index (χ0n) is 17.8. The van der Waals surface area contributed by atoms with Crippen LogP contribution in [0.25, 0.3) is 28.5 Å². The first-order chi connectivity index (χ1) is 16.4. The second-order valence-corrected chi connectivity index (χ2v) is 9.12. The number of carbonyl (C=O) groups is 1. The van der Waals surface area contributed by atoms with Crippen LogP contribution in [-0.2, 0) is 11.2 Å². The molecule has 1 aromatic heterocycles. The number of benzene rings is 3. The molecular formula is C27H18Cl2N2O2S. The monoisotopic (exact) mass is 504 g/mol. The molecule has 2 N–H and O–H groups in total. The highest BCUT2D eigenvalue weighted by molar-refractivity contribution is 7.80. The number of carbonyl (C=O) groups excluding carboxylic acids is 1. The Labute approximate surface area is 212 Å². The summed E-state index contributed by atoms with van der Waals surface area (Å²) in [6.07, 6.45) is 3.82. The lowest BCUT2D eigenvalue weighted by Crippen LogP contribution is -2.32. The number of fused-ring (bicyclic) bond motifs is 3. The smallest absolute Gasteiger partial charge is 0.250 e. The topological polar surface area (TPSA) is 54.3 Å². The lowest BCUT2D eigenvalue weighted by molar-refractivity contribution is -0.115. The van der Waals surface area contributed by atoms with Gasteiger partial charge in [0, 0.05) is 27.4 Å². The number of furan rings is 1. The Morgan fingerprint density at radius 3 is 2.50 bits per heavy atom. The lowest BCUT2D eigenvalue weighted by atomic mass is 10.1. The minimum absolute atomic E-state index is 0.221. The average Bonchev–Trinajstić information content (AvgIpc) is 3.41. The number of anilines is 1. The quantitative estimate of drug-likeness (QED) is 0.198. The van der Waals surface area contributed by atoms with E-state index in [1.165, 1.54) is 28.3 Å². The van der Waals surface area contributed by atoms with Gasteiger partial charge in [0.15, 0.2) is 5.11 Å². The average molecular weight is 505 g/mol. The van der Waals surface area contributed by atoms with Gasteiger partial charge < -0.3 is 9.73 Å². The molecule has 7 heteroatoms. The molecule has 0 unspecified atom stereocenters. The number of amides is 1. The summed E-state index contributed by atoms with van der Waals surface area (Å²) in [4.78, 5) is 12.3. The number of hydrogen-bond donors (Lipinski definition) is 2. The SMILES string of the molecule is O=C(/C=C/c1ccc(-c2cc(Cl)cc(Cl)c2)o1)NC(=S)Nc1ccc2c(c1)Cc1ccccc1-2. The Morgan fingerprint density at radius 2 is 1.68 bits per heavy atom. The second kappa shape index (κ2) is 9.47. The summed E-state index contributed by atoms with van der Waals surface area (Å²) in [5.74, 6) is 0.744. The maximum Gasteiger partial charge on any atom is 0.250 e. The summed E-state index contributed by atoms with van der Waals surface area (Å²) >= 11 is 17.4. The van der Waals surface area contributed by atoms with E-state index in [1.54, 1.807) is 36.4 Å². The van der Waals surface area contributed by atoms with Crippen LogP contribution in [0.2, 0.25) is 10.0 Å². The van der Waals surface area contributed by atoms with E-state index in [-0.39, 0.29) is 11.0 Å². The van der Waals surface area contributed by atoms with Crippen molar-refractivity contribution in [3.05, 3.63) is 106 Å². The first kappa shape index (κ1) is 22.4. The fourth-order valence-corrected chi connectivity index (χ4v) is 4.73. The van der Waals surface area contributed by atoms with Gasteiger partial charge in [0.05, 0.1) is 0 Å². The molecule has 4 aromatic rings. The van der Waals surface area contributed by atoms with Crippen LogP contribution in [0.1, 0.15) is 16.9 Å². The molecule has 0 spiro atoms. The molecule has 0 saturated heterocycles. The molecule has 0 fully saturated rings. The molecular weight excluding hydrogens is 487 g/mol. The van der Waals surface area contributed by atoms with Gasteiger partial charge in [-0.15, -0.1) is 0 Å². The molecule has 5 rings (SSSR count). The van der Waals surface area contributed by atoms with Crippen LogP contribution in [0.4, 0.5) is 5.69 Å². The first-order valence-corrected chi connectivity index (χ1v) is 11.7. The van der Waals surface area contributed by atoms with E-state index in [2.05, 4.69) is 47.0 Å². The molecule has 0 atom stereocenters. The van der Waals surface area contributed by atoms with E-state index in [9.17, 15) is 4.79 Å². The molecule has 3 aromatic carbocycles. The van der Waals surface area contributed by atoms with Gasteiger partial charge in [-0.2, -0.15) is 0 Å². The van der Waals surface area contributed by atoms with Crippen molar-refractivity contribution in [2.24, 2.45) is 0 Å². The molecule has 0 bridgehead atoms. The summed E-state index contributed by atoms with van der Waals surface area (Å²) in [7, 11) is 0. The van der Waals surface area contributed by atoms with Crippen LogP contribution < -0.4 is 10.6 Å². The second-order valence-electron chi connectivity index (χ2n) is 7.84. The summed E-state index contributed by atoms with van der Waals surface area (Å²) < 4.78 is 5.77. The number of rotatable bonds is 4. The Balaban J connectivity index is 1.19. The largest absolute Gasteiger partial charge is 0.457 e. The Hall–Kier alpha value is -3.38. The van der Waals surface area contributed by atoms with Gasteiger partial charge in [0.25, 0.3) is 0 Å². The molecule has 34 heavy (non-hydrogen) atoms. The van der Waals surface area contributed by atoms with Crippen molar-refractivity contribution in [3.63, 3.8) is 0 Å². The highest BCUT2D eigenvalue weighted by atomic mass is 35.5. The summed E-state index contributed by atoms with van der Waals surface area (Å²) in [5.41, 5.74) is 6.63. The van der Waals surface area contributed by atoms with E-state index in [0.717, 1.165) is 17.7 Å². The van der Waals surface area contributed by atoms with E-state index in [1.807, 2.05) is 6.07 Å². The van der Waals surface area contributed by atoms with Crippen molar-refractivity contribution in [2.45, 2.75) is 6.42 Å². The maximum atomic E-state index is 12.3. The normalized spacial score (nSPS) is 11.8. The molecule has 1 amide bonds. The Kier molecular flexibility index (Phi) is 6.24. The summed E-state index contributed by atoms with van der Waals surface area (Å²) in [6.45, 7) is 0.